The molecule has 11 nitrogen and oxygen atoms in total. The lowest BCUT2D eigenvalue weighted by Crippen LogP contribution is -2.29. The number of carbonyl (C=O) groups excluding carboxylic acids is 2. The fourth-order valence-corrected chi connectivity index (χ4v) is 5.36. The SMILES string of the molecule is COC(=O)c1cc2c(c(C)c1N(C(=O)c1sccc1S(N)(=O)=O)c1onc(C)c1Cl)OCO2. The van der Waals surface area contributed by atoms with E-state index < -0.39 is 26.8 Å². The van der Waals surface area contributed by atoms with E-state index in [9.17, 15) is 18.0 Å². The molecule has 3 heterocycles. The molecule has 1 amide bonds. The number of rotatable bonds is 5. The standard InChI is InChI=1S/C19H16ClN3O8S2/c1-8-14(10(19(25)28-3)6-11-15(8)30-7-29-11)23(18-13(20)9(2)22-31-18)17(24)16-12(4-5-32-16)33(21,26)27/h4-6H,7H2,1-3H3,(H2,21,26,27). The van der Waals surface area contributed by atoms with Crippen molar-refractivity contribution in [3.05, 3.63) is 44.2 Å². The fraction of sp³-hybridized carbons (Fsp3) is 0.211. The molecule has 1 aliphatic heterocycles. The van der Waals surface area contributed by atoms with Gasteiger partial charge in [-0.2, -0.15) is 0 Å². The van der Waals surface area contributed by atoms with Crippen LogP contribution in [-0.2, 0) is 14.8 Å². The number of esters is 1. The van der Waals surface area contributed by atoms with Gasteiger partial charge in [0.1, 0.15) is 20.5 Å². The molecule has 0 bridgehead atoms. The van der Waals surface area contributed by atoms with E-state index in [4.69, 9.17) is 35.5 Å². The van der Waals surface area contributed by atoms with Gasteiger partial charge in [-0.05, 0) is 25.3 Å². The Morgan fingerprint density at radius 3 is 2.64 bits per heavy atom. The first-order valence-corrected chi connectivity index (χ1v) is 11.9. The lowest BCUT2D eigenvalue weighted by Gasteiger charge is -2.24. The molecule has 0 spiro atoms. The monoisotopic (exact) mass is 513 g/mol. The van der Waals surface area contributed by atoms with Gasteiger partial charge in [0.2, 0.25) is 16.8 Å². The van der Waals surface area contributed by atoms with Crippen LogP contribution in [0.3, 0.4) is 0 Å². The quantitative estimate of drug-likeness (QED) is 0.507. The predicted octanol–water partition coefficient (Wildman–Crippen LogP) is 3.15. The number of ether oxygens (including phenoxy) is 3. The Kier molecular flexibility index (Phi) is 5.82. The molecular formula is C19H16ClN3O8S2. The van der Waals surface area contributed by atoms with Gasteiger partial charge < -0.3 is 18.7 Å². The number of halogens is 1. The number of nitrogens with zero attached hydrogens (tertiary/aromatic N) is 2. The second kappa shape index (κ2) is 8.33. The van der Waals surface area contributed by atoms with E-state index in [0.29, 0.717) is 5.56 Å². The Morgan fingerprint density at radius 2 is 2.03 bits per heavy atom. The first-order valence-electron chi connectivity index (χ1n) is 9.14. The number of fused-ring (bicyclic) bond motifs is 1. The van der Waals surface area contributed by atoms with E-state index >= 15 is 0 Å². The third-order valence-corrected chi connectivity index (χ3v) is 7.23. The first-order chi connectivity index (χ1) is 15.6. The summed E-state index contributed by atoms with van der Waals surface area (Å²) in [5.41, 5.74) is 0.493. The van der Waals surface area contributed by atoms with Crippen molar-refractivity contribution in [1.29, 1.82) is 0 Å². The van der Waals surface area contributed by atoms with Crippen LogP contribution in [0.4, 0.5) is 11.6 Å². The van der Waals surface area contributed by atoms with E-state index in [0.717, 1.165) is 16.2 Å². The average molecular weight is 514 g/mol. The Hall–Kier alpha value is -3.13. The van der Waals surface area contributed by atoms with Gasteiger partial charge in [0.25, 0.3) is 11.8 Å². The van der Waals surface area contributed by atoms with Crippen molar-refractivity contribution in [1.82, 2.24) is 5.16 Å². The number of carbonyl (C=O) groups is 2. The largest absolute Gasteiger partial charge is 0.465 e. The van der Waals surface area contributed by atoms with Gasteiger partial charge in [0.15, 0.2) is 11.5 Å². The summed E-state index contributed by atoms with van der Waals surface area (Å²) in [4.78, 5) is 26.8. The van der Waals surface area contributed by atoms with Crippen LogP contribution in [0, 0.1) is 13.8 Å². The number of amides is 1. The molecule has 3 aromatic rings. The summed E-state index contributed by atoms with van der Waals surface area (Å²) < 4.78 is 45.2. The van der Waals surface area contributed by atoms with Crippen molar-refractivity contribution in [3.63, 3.8) is 0 Å². The molecule has 0 radical (unpaired) electrons. The minimum atomic E-state index is -4.24. The fourth-order valence-electron chi connectivity index (χ4n) is 3.31. The number of primary sulfonamides is 1. The molecule has 1 aromatic carbocycles. The van der Waals surface area contributed by atoms with Gasteiger partial charge in [-0.1, -0.05) is 16.8 Å². The normalized spacial score (nSPS) is 12.6. The molecule has 2 aromatic heterocycles. The van der Waals surface area contributed by atoms with Crippen LogP contribution in [0.2, 0.25) is 5.02 Å². The lowest BCUT2D eigenvalue weighted by atomic mass is 10.0. The molecule has 0 saturated carbocycles. The summed E-state index contributed by atoms with van der Waals surface area (Å²) in [6.45, 7) is 3.03. The first kappa shape index (κ1) is 23.0. The maximum atomic E-state index is 13.8. The van der Waals surface area contributed by atoms with Crippen molar-refractivity contribution in [3.8, 4) is 11.5 Å². The highest BCUT2D eigenvalue weighted by Gasteiger charge is 2.37. The van der Waals surface area contributed by atoms with Crippen LogP contribution in [0.15, 0.2) is 26.9 Å². The highest BCUT2D eigenvalue weighted by atomic mass is 35.5. The van der Waals surface area contributed by atoms with E-state index in [1.807, 2.05) is 0 Å². The predicted molar refractivity (Wildman–Crippen MR) is 117 cm³/mol. The molecule has 0 aliphatic carbocycles. The number of aryl methyl sites for hydroxylation is 1. The van der Waals surface area contributed by atoms with Crippen LogP contribution in [0.5, 0.6) is 11.5 Å². The highest BCUT2D eigenvalue weighted by Crippen LogP contribution is 2.47. The summed E-state index contributed by atoms with van der Waals surface area (Å²) in [5, 5.41) is 10.4. The zero-order chi connectivity index (χ0) is 24.1. The number of hydrogen-bond acceptors (Lipinski definition) is 10. The molecule has 0 atom stereocenters. The highest BCUT2D eigenvalue weighted by molar-refractivity contribution is 7.89. The number of sulfonamides is 1. The molecule has 4 rings (SSSR count). The van der Waals surface area contributed by atoms with Crippen molar-refractivity contribution < 1.29 is 36.7 Å². The van der Waals surface area contributed by atoms with E-state index in [1.54, 1.807) is 13.8 Å². The number of anilines is 2. The van der Waals surface area contributed by atoms with Crippen LogP contribution >= 0.6 is 22.9 Å². The molecule has 33 heavy (non-hydrogen) atoms. The number of aromatic nitrogens is 1. The molecule has 0 saturated heterocycles. The lowest BCUT2D eigenvalue weighted by molar-refractivity contribution is 0.0601. The van der Waals surface area contributed by atoms with Crippen molar-refractivity contribution >= 4 is 56.4 Å². The molecule has 174 valence electrons. The molecule has 2 N–H and O–H groups in total. The average Bonchev–Trinajstić information content (AvgIpc) is 3.50. The third-order valence-electron chi connectivity index (χ3n) is 4.81. The summed E-state index contributed by atoms with van der Waals surface area (Å²) in [6, 6.07) is 2.55. The minimum absolute atomic E-state index is 0.0112. The topological polar surface area (TPSA) is 151 Å². The second-order valence-electron chi connectivity index (χ2n) is 6.81. The number of benzene rings is 1. The summed E-state index contributed by atoms with van der Waals surface area (Å²) in [6.07, 6.45) is 0. The number of methoxy groups -OCH3 is 1. The zero-order valence-corrected chi connectivity index (χ0v) is 19.8. The van der Waals surface area contributed by atoms with Crippen LogP contribution in [0.1, 0.15) is 31.3 Å². The maximum Gasteiger partial charge on any atom is 0.340 e. The Morgan fingerprint density at radius 1 is 1.30 bits per heavy atom. The van der Waals surface area contributed by atoms with E-state index in [1.165, 1.54) is 24.6 Å². The minimum Gasteiger partial charge on any atom is -0.465 e. The van der Waals surface area contributed by atoms with Crippen molar-refractivity contribution in [2.45, 2.75) is 18.7 Å². The Labute approximate surface area is 196 Å². The van der Waals surface area contributed by atoms with Crippen molar-refractivity contribution in [2.75, 3.05) is 18.8 Å². The number of thiophene rings is 1. The summed E-state index contributed by atoms with van der Waals surface area (Å²) in [5.74, 6) is -1.36. The Balaban J connectivity index is 2.05. The van der Waals surface area contributed by atoms with Gasteiger partial charge in [0.05, 0.1) is 18.4 Å². The summed E-state index contributed by atoms with van der Waals surface area (Å²) >= 11 is 7.20. The summed E-state index contributed by atoms with van der Waals surface area (Å²) in [7, 11) is -3.07. The van der Waals surface area contributed by atoms with E-state index in [2.05, 4.69) is 5.16 Å². The molecule has 14 heteroatoms. The van der Waals surface area contributed by atoms with Crippen molar-refractivity contribution in [2.24, 2.45) is 5.14 Å². The second-order valence-corrected chi connectivity index (χ2v) is 9.63. The van der Waals surface area contributed by atoms with Gasteiger partial charge in [-0.25, -0.2) is 23.3 Å². The Bertz CT molecular complexity index is 1400. The van der Waals surface area contributed by atoms with Crippen LogP contribution in [-0.4, -0.2) is 39.4 Å². The zero-order valence-electron chi connectivity index (χ0n) is 17.4. The number of nitrogens with two attached hydrogens (primary N) is 1. The molecule has 0 unspecified atom stereocenters. The van der Waals surface area contributed by atoms with Gasteiger partial charge >= 0.3 is 5.97 Å². The van der Waals surface area contributed by atoms with Gasteiger partial charge in [-0.15, -0.1) is 11.3 Å². The van der Waals surface area contributed by atoms with Crippen LogP contribution < -0.4 is 19.5 Å². The molecular weight excluding hydrogens is 498 g/mol. The van der Waals surface area contributed by atoms with Gasteiger partial charge in [0, 0.05) is 11.6 Å². The molecule has 0 fully saturated rings. The maximum absolute atomic E-state index is 13.8. The van der Waals surface area contributed by atoms with Crippen LogP contribution in [0.25, 0.3) is 0 Å². The third kappa shape index (κ3) is 3.82. The molecule has 1 aliphatic rings. The smallest absolute Gasteiger partial charge is 0.340 e. The number of hydrogen-bond donors (Lipinski definition) is 1. The van der Waals surface area contributed by atoms with Gasteiger partial charge in [-0.3, -0.25) is 4.79 Å². The van der Waals surface area contributed by atoms with E-state index in [-0.39, 0.29) is 51.0 Å².